The van der Waals surface area contributed by atoms with Crippen molar-refractivity contribution >= 4 is 55.9 Å². The zero-order chi connectivity index (χ0) is 25.1. The summed E-state index contributed by atoms with van der Waals surface area (Å²) in [5, 5.41) is 11.5. The number of carboxylic acids is 1. The average Bonchev–Trinajstić information content (AvgIpc) is 3.30. The molecule has 192 valence electrons. The zero-order valence-corrected chi connectivity index (χ0v) is 22.7. The Bertz CT molecular complexity index is 1220. The second kappa shape index (κ2) is 11.2. The van der Waals surface area contributed by atoms with Gasteiger partial charge in [-0.2, -0.15) is 0 Å². The Kier molecular flexibility index (Phi) is 7.94. The monoisotopic (exact) mass is 546 g/mol. The Balaban J connectivity index is 1.27. The van der Waals surface area contributed by atoms with E-state index in [1.165, 1.54) is 32.1 Å². The molecular formula is C28H32Cl2N2O3S. The van der Waals surface area contributed by atoms with E-state index in [2.05, 4.69) is 4.90 Å². The van der Waals surface area contributed by atoms with Crippen molar-refractivity contribution < 1.29 is 14.6 Å². The fourth-order valence-corrected chi connectivity index (χ4v) is 7.51. The summed E-state index contributed by atoms with van der Waals surface area (Å²) in [7, 11) is 0. The van der Waals surface area contributed by atoms with Gasteiger partial charge in [0, 0.05) is 18.1 Å². The summed E-state index contributed by atoms with van der Waals surface area (Å²) in [5.41, 5.74) is 1.97. The predicted octanol–water partition coefficient (Wildman–Crippen LogP) is 7.87. The zero-order valence-electron chi connectivity index (χ0n) is 20.3. The molecule has 0 atom stereocenters. The second-order valence-corrected chi connectivity index (χ2v) is 12.1. The minimum Gasteiger partial charge on any atom is -0.492 e. The number of aliphatic carboxylic acids is 1. The summed E-state index contributed by atoms with van der Waals surface area (Å²) in [4.78, 5) is 18.4. The van der Waals surface area contributed by atoms with Crippen molar-refractivity contribution in [2.24, 2.45) is 11.3 Å². The van der Waals surface area contributed by atoms with Gasteiger partial charge in [-0.15, -0.1) is 0 Å². The van der Waals surface area contributed by atoms with E-state index in [0.29, 0.717) is 22.9 Å². The number of fused-ring (bicyclic) bond motifs is 1. The van der Waals surface area contributed by atoms with Crippen LogP contribution in [-0.4, -0.2) is 35.8 Å². The molecule has 0 bridgehead atoms. The maximum Gasteiger partial charge on any atom is 0.307 e. The van der Waals surface area contributed by atoms with E-state index in [1.54, 1.807) is 29.5 Å². The number of carbonyl (C=O) groups is 1. The molecule has 1 aliphatic heterocycles. The Labute approximate surface area is 226 Å². The number of carboxylic acid groups (broad SMARTS) is 1. The lowest BCUT2D eigenvalue weighted by Gasteiger charge is -2.48. The molecule has 2 aliphatic rings. The summed E-state index contributed by atoms with van der Waals surface area (Å²) in [5.74, 6) is 0.447. The minimum absolute atomic E-state index is 0.0344. The van der Waals surface area contributed by atoms with Crippen LogP contribution >= 0.6 is 34.5 Å². The standard InChI is InChI=1S/C28H32Cl2N2O3S/c29-21-7-9-23-25(18-21)36-27(31-23)32-13-10-28(11-14-32,20-4-2-1-3-5-20)12-15-35-24-16-19(17-26(33)34)6-8-22(24)30/h6-9,16,18,20H,1-5,10-15,17H2,(H,33,34). The van der Waals surface area contributed by atoms with Crippen molar-refractivity contribution in [1.82, 2.24) is 4.98 Å². The van der Waals surface area contributed by atoms with Crippen LogP contribution in [0.4, 0.5) is 5.13 Å². The number of rotatable bonds is 8. The maximum absolute atomic E-state index is 11.1. The molecule has 1 aliphatic carbocycles. The molecular weight excluding hydrogens is 515 g/mol. The van der Waals surface area contributed by atoms with E-state index in [1.807, 2.05) is 18.2 Å². The molecule has 5 nitrogen and oxygen atoms in total. The van der Waals surface area contributed by atoms with Gasteiger partial charge in [0.2, 0.25) is 0 Å². The molecule has 1 saturated heterocycles. The molecule has 2 aromatic carbocycles. The number of anilines is 1. The van der Waals surface area contributed by atoms with Gasteiger partial charge in [-0.1, -0.05) is 59.9 Å². The third-order valence-corrected chi connectivity index (χ3v) is 9.67. The van der Waals surface area contributed by atoms with Gasteiger partial charge in [0.15, 0.2) is 5.13 Å². The van der Waals surface area contributed by atoms with Crippen molar-refractivity contribution in [3.63, 3.8) is 0 Å². The highest BCUT2D eigenvalue weighted by atomic mass is 35.5. The Morgan fingerprint density at radius 3 is 2.64 bits per heavy atom. The first-order chi connectivity index (χ1) is 17.4. The number of ether oxygens (including phenoxy) is 1. The van der Waals surface area contributed by atoms with Crippen molar-refractivity contribution in [2.45, 2.75) is 57.8 Å². The molecule has 1 aromatic heterocycles. The molecule has 0 amide bonds. The third-order valence-electron chi connectivity index (χ3n) is 8.05. The largest absolute Gasteiger partial charge is 0.492 e. The number of halogens is 2. The van der Waals surface area contributed by atoms with E-state index in [-0.39, 0.29) is 11.8 Å². The van der Waals surface area contributed by atoms with E-state index in [4.69, 9.17) is 38.0 Å². The molecule has 0 radical (unpaired) electrons. The van der Waals surface area contributed by atoms with Crippen LogP contribution in [0.1, 0.15) is 56.9 Å². The quantitative estimate of drug-likeness (QED) is 0.311. The highest BCUT2D eigenvalue weighted by Gasteiger charge is 2.42. The molecule has 1 saturated carbocycles. The van der Waals surface area contributed by atoms with Gasteiger partial charge in [-0.3, -0.25) is 4.79 Å². The minimum atomic E-state index is -0.859. The van der Waals surface area contributed by atoms with Crippen LogP contribution in [0.15, 0.2) is 36.4 Å². The summed E-state index contributed by atoms with van der Waals surface area (Å²) in [6, 6.07) is 11.2. The van der Waals surface area contributed by atoms with E-state index < -0.39 is 5.97 Å². The Morgan fingerprint density at radius 2 is 1.89 bits per heavy atom. The van der Waals surface area contributed by atoms with Crippen molar-refractivity contribution in [2.75, 3.05) is 24.6 Å². The van der Waals surface area contributed by atoms with Gasteiger partial charge >= 0.3 is 5.97 Å². The average molecular weight is 548 g/mol. The van der Waals surface area contributed by atoms with Crippen molar-refractivity contribution in [1.29, 1.82) is 0 Å². The SMILES string of the molecule is O=C(O)Cc1ccc(Cl)c(OCCC2(C3CCCCC3)CCN(c3nc4ccc(Cl)cc4s3)CC2)c1. The van der Waals surface area contributed by atoms with Crippen LogP contribution < -0.4 is 9.64 Å². The number of hydrogen-bond donors (Lipinski definition) is 1. The van der Waals surface area contributed by atoms with Crippen LogP contribution in [0.3, 0.4) is 0 Å². The molecule has 0 spiro atoms. The number of nitrogens with zero attached hydrogens (tertiary/aromatic N) is 2. The summed E-state index contributed by atoms with van der Waals surface area (Å²) in [6.45, 7) is 2.59. The van der Waals surface area contributed by atoms with E-state index >= 15 is 0 Å². The lowest BCUT2D eigenvalue weighted by molar-refractivity contribution is -0.136. The molecule has 36 heavy (non-hydrogen) atoms. The summed E-state index contributed by atoms with van der Waals surface area (Å²) >= 11 is 14.3. The molecule has 1 N–H and O–H groups in total. The van der Waals surface area contributed by atoms with E-state index in [0.717, 1.165) is 58.6 Å². The lowest BCUT2D eigenvalue weighted by Crippen LogP contribution is -2.45. The van der Waals surface area contributed by atoms with Gasteiger partial charge in [0.25, 0.3) is 0 Å². The fraction of sp³-hybridized carbons (Fsp3) is 0.500. The van der Waals surface area contributed by atoms with Gasteiger partial charge in [0.05, 0.1) is 28.3 Å². The van der Waals surface area contributed by atoms with Crippen LogP contribution in [0.25, 0.3) is 10.2 Å². The van der Waals surface area contributed by atoms with E-state index in [9.17, 15) is 4.79 Å². The van der Waals surface area contributed by atoms with Crippen molar-refractivity contribution in [3.05, 3.63) is 52.0 Å². The third kappa shape index (κ3) is 5.76. The highest BCUT2D eigenvalue weighted by Crippen LogP contribution is 2.49. The smallest absolute Gasteiger partial charge is 0.307 e. The fourth-order valence-electron chi connectivity index (χ4n) is 6.05. The molecule has 0 unspecified atom stereocenters. The van der Waals surface area contributed by atoms with Gasteiger partial charge < -0.3 is 14.7 Å². The van der Waals surface area contributed by atoms with Crippen LogP contribution in [0.5, 0.6) is 5.75 Å². The van der Waals surface area contributed by atoms with Crippen LogP contribution in [0.2, 0.25) is 10.0 Å². The highest BCUT2D eigenvalue weighted by molar-refractivity contribution is 7.22. The summed E-state index contributed by atoms with van der Waals surface area (Å²) in [6.07, 6.45) is 9.79. The Hall–Kier alpha value is -2.02. The first-order valence-corrected chi connectivity index (χ1v) is 14.4. The molecule has 5 rings (SSSR count). The second-order valence-electron chi connectivity index (χ2n) is 10.2. The molecule has 3 aromatic rings. The first kappa shape index (κ1) is 25.6. The number of piperidine rings is 1. The predicted molar refractivity (Wildman–Crippen MR) is 148 cm³/mol. The number of hydrogen-bond acceptors (Lipinski definition) is 5. The van der Waals surface area contributed by atoms with Crippen LogP contribution in [0, 0.1) is 11.3 Å². The van der Waals surface area contributed by atoms with Gasteiger partial charge in [-0.25, -0.2) is 4.98 Å². The molecule has 2 fully saturated rings. The normalized spacial score (nSPS) is 18.4. The lowest BCUT2D eigenvalue weighted by atomic mass is 9.62. The Morgan fingerprint density at radius 1 is 1.11 bits per heavy atom. The first-order valence-electron chi connectivity index (χ1n) is 12.9. The van der Waals surface area contributed by atoms with Crippen LogP contribution in [-0.2, 0) is 11.2 Å². The number of aromatic nitrogens is 1. The van der Waals surface area contributed by atoms with Gasteiger partial charge in [0.1, 0.15) is 5.75 Å². The number of thiazole rings is 1. The van der Waals surface area contributed by atoms with Crippen molar-refractivity contribution in [3.8, 4) is 5.75 Å². The molecule has 2 heterocycles. The maximum atomic E-state index is 11.1. The number of benzene rings is 2. The van der Waals surface area contributed by atoms with Gasteiger partial charge in [-0.05, 0) is 79.3 Å². The topological polar surface area (TPSA) is 62.7 Å². The summed E-state index contributed by atoms with van der Waals surface area (Å²) < 4.78 is 7.32. The molecule has 8 heteroatoms.